The fourth-order valence-corrected chi connectivity index (χ4v) is 3.86. The Balaban J connectivity index is 2.61. The van der Waals surface area contributed by atoms with Crippen LogP contribution in [-0.2, 0) is 9.53 Å². The van der Waals surface area contributed by atoms with Gasteiger partial charge in [0.05, 0.1) is 5.66 Å². The molecule has 1 saturated carbocycles. The minimum absolute atomic E-state index is 0.0505. The van der Waals surface area contributed by atoms with Crippen LogP contribution in [0.3, 0.4) is 0 Å². The molecule has 2 unspecified atom stereocenters. The average molecular weight is 272 g/mol. The summed E-state index contributed by atoms with van der Waals surface area (Å²) in [5, 5.41) is 0. The zero-order chi connectivity index (χ0) is 13.8. The average Bonchev–Trinajstić information content (AvgIpc) is 2.73. The number of hydrogen-bond donors (Lipinski definition) is 0. The zero-order valence-corrected chi connectivity index (χ0v) is 13.6. The van der Waals surface area contributed by atoms with Crippen LogP contribution in [-0.4, -0.2) is 23.9 Å². The van der Waals surface area contributed by atoms with Crippen molar-refractivity contribution in [1.29, 1.82) is 0 Å². The first-order chi connectivity index (χ1) is 8.32. The summed E-state index contributed by atoms with van der Waals surface area (Å²) in [5.41, 5.74) is 0.156. The van der Waals surface area contributed by atoms with E-state index in [0.717, 1.165) is 25.7 Å². The Labute approximate surface area is 114 Å². The van der Waals surface area contributed by atoms with Crippen LogP contribution in [0.5, 0.6) is 0 Å². The third kappa shape index (κ3) is 4.53. The molecule has 0 bridgehead atoms. The molecule has 1 fully saturated rings. The van der Waals surface area contributed by atoms with E-state index in [2.05, 4.69) is 34.4 Å². The van der Waals surface area contributed by atoms with Crippen LogP contribution in [0.2, 0.25) is 0 Å². The van der Waals surface area contributed by atoms with Gasteiger partial charge in [-0.1, -0.05) is 27.7 Å². The molecule has 18 heavy (non-hydrogen) atoms. The lowest BCUT2D eigenvalue weighted by Gasteiger charge is -2.31. The van der Waals surface area contributed by atoms with E-state index >= 15 is 0 Å². The van der Waals surface area contributed by atoms with Crippen LogP contribution in [0, 0.1) is 5.41 Å². The smallest absolute Gasteiger partial charge is 0.313 e. The summed E-state index contributed by atoms with van der Waals surface area (Å²) in [6.45, 7) is 10.8. The van der Waals surface area contributed by atoms with Crippen LogP contribution in [0.1, 0.15) is 66.2 Å². The highest BCUT2D eigenvalue weighted by atomic mass is 31.1. The molecule has 0 amide bonds. The highest BCUT2D eigenvalue weighted by Crippen LogP contribution is 2.38. The molecule has 0 radical (unpaired) electrons. The van der Waals surface area contributed by atoms with Crippen LogP contribution in [0.25, 0.3) is 0 Å². The molecule has 0 N–H and O–H groups in total. The summed E-state index contributed by atoms with van der Waals surface area (Å²) in [6, 6.07) is 0. The zero-order valence-electron chi connectivity index (χ0n) is 12.6. The van der Waals surface area contributed by atoms with Gasteiger partial charge in [0.25, 0.3) is 0 Å². The molecule has 106 valence electrons. The fraction of sp³-hybridized carbons (Fsp3) is 0.933. The Morgan fingerprint density at radius 1 is 1.33 bits per heavy atom. The van der Waals surface area contributed by atoms with Gasteiger partial charge in [-0.05, 0) is 50.6 Å². The van der Waals surface area contributed by atoms with E-state index in [0.29, 0.717) is 8.58 Å². The van der Waals surface area contributed by atoms with Gasteiger partial charge in [0.2, 0.25) is 0 Å². The van der Waals surface area contributed by atoms with Crippen molar-refractivity contribution in [2.24, 2.45) is 5.41 Å². The molecule has 1 rings (SSSR count). The molecule has 0 spiro atoms. The van der Waals surface area contributed by atoms with Gasteiger partial charge in [0.15, 0.2) is 0 Å². The highest BCUT2D eigenvalue weighted by Gasteiger charge is 2.38. The van der Waals surface area contributed by atoms with Gasteiger partial charge in [-0.3, -0.25) is 4.79 Å². The van der Waals surface area contributed by atoms with Gasteiger partial charge in [-0.15, -0.1) is 8.58 Å². The summed E-state index contributed by atoms with van der Waals surface area (Å²) < 4.78 is 5.92. The standard InChI is InChI=1S/C15H29O2P/c1-6-15(9-7-8-10-15)17-13(16)12(18-5)11-14(2,3)4/h12,18H,6-11H2,1-5H3. The van der Waals surface area contributed by atoms with Crippen molar-refractivity contribution in [2.75, 3.05) is 6.66 Å². The van der Waals surface area contributed by atoms with Gasteiger partial charge in [-0.2, -0.15) is 0 Å². The van der Waals surface area contributed by atoms with E-state index in [1.807, 2.05) is 0 Å². The van der Waals surface area contributed by atoms with Gasteiger partial charge in [0, 0.05) is 0 Å². The third-order valence-corrected chi connectivity index (χ3v) is 5.06. The van der Waals surface area contributed by atoms with E-state index in [1.54, 1.807) is 0 Å². The van der Waals surface area contributed by atoms with Crippen LogP contribution < -0.4 is 0 Å². The van der Waals surface area contributed by atoms with Gasteiger partial charge in [-0.25, -0.2) is 0 Å². The summed E-state index contributed by atoms with van der Waals surface area (Å²) in [5.74, 6) is 0.0505. The van der Waals surface area contributed by atoms with E-state index in [9.17, 15) is 4.79 Å². The molecule has 0 saturated heterocycles. The lowest BCUT2D eigenvalue weighted by molar-refractivity contribution is -0.159. The quantitative estimate of drug-likeness (QED) is 0.549. The molecule has 0 aromatic heterocycles. The first-order valence-corrected chi connectivity index (χ1v) is 8.80. The summed E-state index contributed by atoms with van der Waals surface area (Å²) >= 11 is 0. The Kier molecular flexibility index (Phi) is 5.65. The lowest BCUT2D eigenvalue weighted by atomic mass is 9.90. The number of hydrogen-bond acceptors (Lipinski definition) is 2. The minimum Gasteiger partial charge on any atom is -0.459 e. The summed E-state index contributed by atoms with van der Waals surface area (Å²) in [7, 11) is 0.639. The van der Waals surface area contributed by atoms with Gasteiger partial charge in [0.1, 0.15) is 5.60 Å². The normalized spacial score (nSPS) is 21.4. The molecule has 3 heteroatoms. The molecule has 0 aromatic rings. The second-order valence-corrected chi connectivity index (χ2v) is 8.05. The van der Waals surface area contributed by atoms with Crippen molar-refractivity contribution >= 4 is 14.6 Å². The van der Waals surface area contributed by atoms with Crippen LogP contribution >= 0.6 is 8.58 Å². The van der Waals surface area contributed by atoms with Crippen molar-refractivity contribution in [1.82, 2.24) is 0 Å². The van der Waals surface area contributed by atoms with Crippen molar-refractivity contribution in [3.05, 3.63) is 0 Å². The van der Waals surface area contributed by atoms with Gasteiger partial charge < -0.3 is 4.74 Å². The third-order valence-electron chi connectivity index (χ3n) is 3.93. The van der Waals surface area contributed by atoms with E-state index < -0.39 is 0 Å². The SMILES string of the molecule is CCC1(OC(=O)C(CC(C)(C)C)PC)CCCC1. The topological polar surface area (TPSA) is 26.3 Å². The minimum atomic E-state index is -0.132. The molecule has 2 nitrogen and oxygen atoms in total. The van der Waals surface area contributed by atoms with Crippen molar-refractivity contribution in [2.45, 2.75) is 77.5 Å². The summed E-state index contributed by atoms with van der Waals surface area (Å²) in [6.07, 6.45) is 6.43. The predicted molar refractivity (Wildman–Crippen MR) is 79.7 cm³/mol. The molecular weight excluding hydrogens is 243 g/mol. The lowest BCUT2D eigenvalue weighted by Crippen LogP contribution is -2.36. The molecule has 0 aromatic carbocycles. The molecular formula is C15H29O2P. The van der Waals surface area contributed by atoms with Crippen LogP contribution in [0.4, 0.5) is 0 Å². The van der Waals surface area contributed by atoms with E-state index in [-0.39, 0.29) is 22.6 Å². The second kappa shape index (κ2) is 6.37. The highest BCUT2D eigenvalue weighted by molar-refractivity contribution is 7.39. The molecule has 1 aliphatic carbocycles. The predicted octanol–water partition coefficient (Wildman–Crippen LogP) is 4.37. The Morgan fingerprint density at radius 3 is 2.28 bits per heavy atom. The summed E-state index contributed by atoms with van der Waals surface area (Å²) in [4.78, 5) is 12.4. The second-order valence-electron chi connectivity index (χ2n) is 6.77. The number of carbonyl (C=O) groups excluding carboxylic acids is 1. The molecule has 1 aliphatic rings. The maximum atomic E-state index is 12.4. The maximum Gasteiger partial charge on any atom is 0.313 e. The first-order valence-electron chi connectivity index (χ1n) is 7.22. The van der Waals surface area contributed by atoms with Crippen molar-refractivity contribution in [3.63, 3.8) is 0 Å². The van der Waals surface area contributed by atoms with E-state index in [4.69, 9.17) is 4.74 Å². The van der Waals surface area contributed by atoms with E-state index in [1.165, 1.54) is 12.8 Å². The largest absolute Gasteiger partial charge is 0.459 e. The Morgan fingerprint density at radius 2 is 1.89 bits per heavy atom. The van der Waals surface area contributed by atoms with Gasteiger partial charge >= 0.3 is 5.97 Å². The molecule has 0 aliphatic heterocycles. The number of ether oxygens (including phenoxy) is 1. The monoisotopic (exact) mass is 272 g/mol. The number of carbonyl (C=O) groups is 1. The number of rotatable bonds is 5. The Hall–Kier alpha value is -0.100. The first kappa shape index (κ1) is 16.0. The van der Waals surface area contributed by atoms with Crippen LogP contribution in [0.15, 0.2) is 0 Å². The molecule has 2 atom stereocenters. The van der Waals surface area contributed by atoms with Crippen molar-refractivity contribution in [3.8, 4) is 0 Å². The fourth-order valence-electron chi connectivity index (χ4n) is 2.75. The maximum absolute atomic E-state index is 12.4. The molecule has 0 heterocycles. The Bertz CT molecular complexity index is 275. The van der Waals surface area contributed by atoms with Crippen molar-refractivity contribution < 1.29 is 9.53 Å². The number of esters is 1.